The van der Waals surface area contributed by atoms with Crippen LogP contribution in [0.5, 0.6) is 5.75 Å². The molecule has 0 fully saturated rings. The molecule has 7 nitrogen and oxygen atoms in total. The molecule has 0 aliphatic heterocycles. The van der Waals surface area contributed by atoms with Crippen LogP contribution in [0.4, 0.5) is 11.5 Å². The number of halogens is 2. The number of nitrogens with two attached hydrogens (primary N) is 1. The average Bonchev–Trinajstić information content (AvgIpc) is 2.42. The van der Waals surface area contributed by atoms with Gasteiger partial charge in [-0.25, -0.2) is 18.4 Å². The zero-order valence-electron chi connectivity index (χ0n) is 10.7. The van der Waals surface area contributed by atoms with E-state index in [1.807, 2.05) is 0 Å². The van der Waals surface area contributed by atoms with Gasteiger partial charge in [-0.05, 0) is 50.1 Å². The van der Waals surface area contributed by atoms with Gasteiger partial charge in [-0.1, -0.05) is 0 Å². The molecule has 0 amide bonds. The molecule has 2 rings (SSSR count). The summed E-state index contributed by atoms with van der Waals surface area (Å²) in [6, 6.07) is 4.17. The summed E-state index contributed by atoms with van der Waals surface area (Å²) in [6.07, 6.45) is 1.38. The molecule has 1 aromatic heterocycles. The molecule has 0 atom stereocenters. The van der Waals surface area contributed by atoms with E-state index in [9.17, 15) is 8.42 Å². The highest BCUT2D eigenvalue weighted by Gasteiger charge is 2.18. The van der Waals surface area contributed by atoms with Crippen LogP contribution in [0, 0.1) is 0 Å². The summed E-state index contributed by atoms with van der Waals surface area (Å²) >= 11 is 6.27. The molecule has 0 spiro atoms. The third kappa shape index (κ3) is 3.63. The highest BCUT2D eigenvalue weighted by molar-refractivity contribution is 9.11. The first-order valence-corrected chi connectivity index (χ1v) is 8.55. The van der Waals surface area contributed by atoms with Crippen LogP contribution in [-0.4, -0.2) is 25.5 Å². The Kier molecular flexibility index (Phi) is 4.69. The molecule has 0 unspecified atom stereocenters. The number of rotatable bonds is 4. The normalized spacial score (nSPS) is 11.2. The number of hydrogen-bond acceptors (Lipinski definition) is 6. The predicted octanol–water partition coefficient (Wildman–Crippen LogP) is 2.39. The van der Waals surface area contributed by atoms with Gasteiger partial charge in [0.05, 0.1) is 23.9 Å². The van der Waals surface area contributed by atoms with Crippen molar-refractivity contribution in [2.75, 3.05) is 17.6 Å². The lowest BCUT2D eigenvalue weighted by molar-refractivity contribution is 0.416. The van der Waals surface area contributed by atoms with Gasteiger partial charge < -0.3 is 10.5 Å². The number of methoxy groups -OCH3 is 1. The molecule has 0 saturated carbocycles. The monoisotopic (exact) mass is 436 g/mol. The van der Waals surface area contributed by atoms with Crippen molar-refractivity contribution in [2.45, 2.75) is 4.90 Å². The predicted molar refractivity (Wildman–Crippen MR) is 85.6 cm³/mol. The quantitative estimate of drug-likeness (QED) is 0.711. The Labute approximate surface area is 138 Å². The maximum atomic E-state index is 12.3. The smallest absolute Gasteiger partial charge is 0.263 e. The summed E-state index contributed by atoms with van der Waals surface area (Å²) < 4.78 is 32.6. The molecule has 0 aliphatic rings. The van der Waals surface area contributed by atoms with Crippen LogP contribution in [0.2, 0.25) is 0 Å². The van der Waals surface area contributed by atoms with Crippen LogP contribution >= 0.6 is 31.9 Å². The van der Waals surface area contributed by atoms with Crippen molar-refractivity contribution in [1.29, 1.82) is 0 Å². The van der Waals surface area contributed by atoms with Crippen molar-refractivity contribution in [2.24, 2.45) is 0 Å². The number of nitrogens with zero attached hydrogens (tertiary/aromatic N) is 2. The summed E-state index contributed by atoms with van der Waals surface area (Å²) in [6.45, 7) is 0. The van der Waals surface area contributed by atoms with Crippen molar-refractivity contribution >= 4 is 53.4 Å². The number of nitrogen functional groups attached to an aromatic ring is 1. The van der Waals surface area contributed by atoms with Crippen LogP contribution in [-0.2, 0) is 10.0 Å². The van der Waals surface area contributed by atoms with Crippen LogP contribution in [0.1, 0.15) is 0 Å². The first kappa shape index (κ1) is 16.0. The van der Waals surface area contributed by atoms with E-state index in [0.29, 0.717) is 10.4 Å². The van der Waals surface area contributed by atoms with Crippen molar-refractivity contribution in [1.82, 2.24) is 9.97 Å². The Morgan fingerprint density at radius 2 is 2.05 bits per heavy atom. The Morgan fingerprint density at radius 3 is 2.62 bits per heavy atom. The SMILES string of the molecule is COc1ccc(S(=O)(=O)Nc2ncc(Br)nc2Br)cc1N. The molecule has 0 radical (unpaired) electrons. The van der Waals surface area contributed by atoms with Gasteiger partial charge in [0.15, 0.2) is 10.4 Å². The van der Waals surface area contributed by atoms with Crippen molar-refractivity contribution < 1.29 is 13.2 Å². The molecule has 1 heterocycles. The zero-order valence-corrected chi connectivity index (χ0v) is 14.7. The van der Waals surface area contributed by atoms with E-state index in [1.54, 1.807) is 0 Å². The average molecular weight is 438 g/mol. The molecule has 3 N–H and O–H groups in total. The third-order valence-electron chi connectivity index (χ3n) is 2.44. The second-order valence-corrected chi connectivity index (χ2v) is 7.09. The summed E-state index contributed by atoms with van der Waals surface area (Å²) in [7, 11) is -2.38. The minimum absolute atomic E-state index is 0.00239. The summed E-state index contributed by atoms with van der Waals surface area (Å²) in [5.74, 6) is 0.478. The number of ether oxygens (including phenoxy) is 1. The van der Waals surface area contributed by atoms with Crippen molar-refractivity contribution in [3.63, 3.8) is 0 Å². The van der Waals surface area contributed by atoms with Gasteiger partial charge in [0.2, 0.25) is 0 Å². The van der Waals surface area contributed by atoms with E-state index in [-0.39, 0.29) is 21.0 Å². The van der Waals surface area contributed by atoms with Gasteiger partial charge in [-0.15, -0.1) is 0 Å². The Bertz CT molecular complexity index is 783. The third-order valence-corrected chi connectivity index (χ3v) is 4.71. The molecule has 112 valence electrons. The number of nitrogens with one attached hydrogen (secondary N) is 1. The molecular formula is C11H10Br2N4O3S. The first-order chi connectivity index (χ1) is 9.83. The van der Waals surface area contributed by atoms with Gasteiger partial charge in [-0.2, -0.15) is 0 Å². The molecular weight excluding hydrogens is 428 g/mol. The number of anilines is 2. The topological polar surface area (TPSA) is 107 Å². The lowest BCUT2D eigenvalue weighted by atomic mass is 10.3. The van der Waals surface area contributed by atoms with Crippen LogP contribution in [0.15, 0.2) is 38.5 Å². The van der Waals surface area contributed by atoms with E-state index in [4.69, 9.17) is 10.5 Å². The number of sulfonamides is 1. The minimum Gasteiger partial charge on any atom is -0.495 e. The van der Waals surface area contributed by atoms with E-state index < -0.39 is 10.0 Å². The highest BCUT2D eigenvalue weighted by atomic mass is 79.9. The molecule has 10 heteroatoms. The summed E-state index contributed by atoms with van der Waals surface area (Å²) in [5.41, 5.74) is 5.93. The van der Waals surface area contributed by atoms with Crippen LogP contribution < -0.4 is 15.2 Å². The molecule has 2 aromatic rings. The Balaban J connectivity index is 2.36. The summed E-state index contributed by atoms with van der Waals surface area (Å²) in [4.78, 5) is 7.94. The van der Waals surface area contributed by atoms with Crippen LogP contribution in [0.25, 0.3) is 0 Å². The van der Waals surface area contributed by atoms with E-state index in [2.05, 4.69) is 46.5 Å². The number of hydrogen-bond donors (Lipinski definition) is 2. The summed E-state index contributed by atoms with van der Waals surface area (Å²) in [5, 5.41) is 0. The molecule has 1 aromatic carbocycles. The largest absolute Gasteiger partial charge is 0.495 e. The van der Waals surface area contributed by atoms with Gasteiger partial charge >= 0.3 is 0 Å². The van der Waals surface area contributed by atoms with E-state index in [1.165, 1.54) is 31.5 Å². The Morgan fingerprint density at radius 1 is 1.33 bits per heavy atom. The highest BCUT2D eigenvalue weighted by Crippen LogP contribution is 2.27. The second-order valence-electron chi connectivity index (χ2n) is 3.84. The first-order valence-electron chi connectivity index (χ1n) is 5.48. The Hall–Kier alpha value is -1.39. The molecule has 0 bridgehead atoms. The van der Waals surface area contributed by atoms with E-state index >= 15 is 0 Å². The zero-order chi connectivity index (χ0) is 15.6. The minimum atomic E-state index is -3.83. The van der Waals surface area contributed by atoms with Crippen molar-refractivity contribution in [3.8, 4) is 5.75 Å². The molecule has 0 aliphatic carbocycles. The van der Waals surface area contributed by atoms with Gasteiger partial charge in [0.25, 0.3) is 10.0 Å². The fourth-order valence-corrected chi connectivity index (χ4v) is 3.57. The fraction of sp³-hybridized carbons (Fsp3) is 0.0909. The maximum Gasteiger partial charge on any atom is 0.263 e. The van der Waals surface area contributed by atoms with E-state index in [0.717, 1.165) is 0 Å². The second kappa shape index (κ2) is 6.16. The van der Waals surface area contributed by atoms with Crippen LogP contribution in [0.3, 0.4) is 0 Å². The molecule has 0 saturated heterocycles. The van der Waals surface area contributed by atoms with Gasteiger partial charge in [0, 0.05) is 0 Å². The fourth-order valence-electron chi connectivity index (χ4n) is 1.48. The maximum absolute atomic E-state index is 12.3. The lowest BCUT2D eigenvalue weighted by Gasteiger charge is -2.10. The lowest BCUT2D eigenvalue weighted by Crippen LogP contribution is -2.15. The standard InChI is InChI=1S/C11H10Br2N4O3S/c1-20-8-3-2-6(4-7(8)14)21(18,19)17-11-10(13)16-9(12)5-15-11/h2-5H,14H2,1H3,(H,15,17). The van der Waals surface area contributed by atoms with Crippen molar-refractivity contribution in [3.05, 3.63) is 33.6 Å². The number of aromatic nitrogens is 2. The van der Waals surface area contributed by atoms with Gasteiger partial charge in [-0.3, -0.25) is 4.72 Å². The number of benzene rings is 1. The molecule has 21 heavy (non-hydrogen) atoms. The van der Waals surface area contributed by atoms with Gasteiger partial charge in [0.1, 0.15) is 10.4 Å².